The first-order valence-electron chi connectivity index (χ1n) is 11.3. The molecule has 0 fully saturated rings. The van der Waals surface area contributed by atoms with Gasteiger partial charge in [0.05, 0.1) is 18.3 Å². The van der Waals surface area contributed by atoms with E-state index >= 15 is 0 Å². The number of rotatable bonds is 10. The van der Waals surface area contributed by atoms with Gasteiger partial charge in [0.15, 0.2) is 0 Å². The zero-order chi connectivity index (χ0) is 24.1. The number of halogens is 1. The van der Waals surface area contributed by atoms with Gasteiger partial charge in [0.2, 0.25) is 0 Å². The summed E-state index contributed by atoms with van der Waals surface area (Å²) in [5, 5.41) is 10.5. The zero-order valence-electron chi connectivity index (χ0n) is 19.2. The Balaban J connectivity index is 1.38. The molecule has 0 aliphatic carbocycles. The third kappa shape index (κ3) is 5.91. The van der Waals surface area contributed by atoms with Crippen molar-refractivity contribution in [1.82, 2.24) is 0 Å². The van der Waals surface area contributed by atoms with Gasteiger partial charge in [0.25, 0.3) is 0 Å². The molecule has 1 atom stereocenters. The van der Waals surface area contributed by atoms with Crippen molar-refractivity contribution in [3.05, 3.63) is 82.9 Å². The van der Waals surface area contributed by atoms with Gasteiger partial charge in [-0.2, -0.15) is 0 Å². The molecule has 1 N–H and O–H groups in total. The van der Waals surface area contributed by atoms with E-state index in [0.717, 1.165) is 33.4 Å². The molecular weight excluding hydrogens is 452 g/mol. The maximum Gasteiger partial charge on any atom is 0.303 e. The normalized spacial score (nSPS) is 12.0. The van der Waals surface area contributed by atoms with E-state index in [1.807, 2.05) is 74.5 Å². The highest BCUT2D eigenvalue weighted by molar-refractivity contribution is 6.31. The van der Waals surface area contributed by atoms with Crippen LogP contribution in [0.15, 0.2) is 71.1 Å². The summed E-state index contributed by atoms with van der Waals surface area (Å²) in [7, 11) is 0. The monoisotopic (exact) mass is 478 g/mol. The predicted molar refractivity (Wildman–Crippen MR) is 134 cm³/mol. The number of hydrogen-bond acceptors (Lipinski definition) is 4. The summed E-state index contributed by atoms with van der Waals surface area (Å²) < 4.78 is 18.2. The van der Waals surface area contributed by atoms with Crippen molar-refractivity contribution in [2.24, 2.45) is 0 Å². The molecular formula is C28H27ClO5. The third-order valence-electron chi connectivity index (χ3n) is 5.68. The van der Waals surface area contributed by atoms with E-state index in [-0.39, 0.29) is 12.5 Å². The molecule has 0 spiro atoms. The molecule has 0 unspecified atom stereocenters. The molecule has 6 heteroatoms. The minimum absolute atomic E-state index is 0.0970. The zero-order valence-corrected chi connectivity index (χ0v) is 20.0. The summed E-state index contributed by atoms with van der Waals surface area (Å²) in [6.45, 7) is 4.46. The first-order chi connectivity index (χ1) is 16.4. The van der Waals surface area contributed by atoms with Crippen LogP contribution in [-0.4, -0.2) is 23.8 Å². The van der Waals surface area contributed by atoms with Crippen molar-refractivity contribution in [2.45, 2.75) is 39.2 Å². The minimum atomic E-state index is -0.794. The molecule has 176 valence electrons. The van der Waals surface area contributed by atoms with Crippen LogP contribution in [0.5, 0.6) is 11.5 Å². The van der Waals surface area contributed by atoms with E-state index in [9.17, 15) is 4.79 Å². The Morgan fingerprint density at radius 1 is 1.09 bits per heavy atom. The Morgan fingerprint density at radius 2 is 1.91 bits per heavy atom. The van der Waals surface area contributed by atoms with Crippen LogP contribution in [0.4, 0.5) is 0 Å². The highest BCUT2D eigenvalue weighted by Crippen LogP contribution is 2.36. The second-order valence-electron chi connectivity index (χ2n) is 8.34. The van der Waals surface area contributed by atoms with E-state index < -0.39 is 5.97 Å². The molecule has 34 heavy (non-hydrogen) atoms. The van der Waals surface area contributed by atoms with E-state index in [2.05, 4.69) is 0 Å². The molecule has 0 radical (unpaired) electrons. The van der Waals surface area contributed by atoms with Crippen molar-refractivity contribution in [2.75, 3.05) is 6.61 Å². The summed E-state index contributed by atoms with van der Waals surface area (Å²) in [5.41, 5.74) is 3.67. The number of ether oxygens (including phenoxy) is 2. The lowest BCUT2D eigenvalue weighted by Gasteiger charge is -2.18. The minimum Gasteiger partial charge on any atom is -0.493 e. The number of carboxylic acid groups (broad SMARTS) is 1. The summed E-state index contributed by atoms with van der Waals surface area (Å²) >= 11 is 6.27. The molecule has 0 saturated carbocycles. The average Bonchev–Trinajstić information content (AvgIpc) is 3.24. The van der Waals surface area contributed by atoms with Crippen molar-refractivity contribution in [3.8, 4) is 22.8 Å². The Bertz CT molecular complexity index is 1260. The fourth-order valence-corrected chi connectivity index (χ4v) is 3.98. The van der Waals surface area contributed by atoms with Crippen LogP contribution in [0.2, 0.25) is 5.02 Å². The number of aliphatic carboxylic acids is 1. The summed E-state index contributed by atoms with van der Waals surface area (Å²) in [6.07, 6.45) is 1.22. The Morgan fingerprint density at radius 3 is 2.68 bits per heavy atom. The Hall–Kier alpha value is -3.44. The number of furan rings is 1. The Labute approximate surface area is 203 Å². The van der Waals surface area contributed by atoms with Gasteiger partial charge in [0, 0.05) is 23.3 Å². The number of aryl methyl sites for hydroxylation is 2. The van der Waals surface area contributed by atoms with E-state index in [0.29, 0.717) is 36.0 Å². The van der Waals surface area contributed by atoms with E-state index in [4.69, 9.17) is 30.6 Å². The largest absolute Gasteiger partial charge is 0.493 e. The lowest BCUT2D eigenvalue weighted by atomic mass is 10.0. The van der Waals surface area contributed by atoms with Crippen LogP contribution >= 0.6 is 11.6 Å². The van der Waals surface area contributed by atoms with Crippen molar-refractivity contribution < 1.29 is 23.8 Å². The molecule has 3 aromatic carbocycles. The number of fused-ring (bicyclic) bond motifs is 1. The van der Waals surface area contributed by atoms with Crippen LogP contribution in [0.25, 0.3) is 22.3 Å². The molecule has 0 aliphatic rings. The van der Waals surface area contributed by atoms with Gasteiger partial charge in [-0.15, -0.1) is 0 Å². The molecule has 0 amide bonds. The molecule has 1 aromatic heterocycles. The molecule has 1 heterocycles. The molecule has 5 nitrogen and oxygen atoms in total. The molecule has 0 saturated heterocycles. The van der Waals surface area contributed by atoms with Gasteiger partial charge >= 0.3 is 5.97 Å². The quantitative estimate of drug-likeness (QED) is 0.258. The molecule has 4 rings (SSSR count). The van der Waals surface area contributed by atoms with Crippen molar-refractivity contribution >= 4 is 28.5 Å². The van der Waals surface area contributed by atoms with Crippen molar-refractivity contribution in [1.29, 1.82) is 0 Å². The number of carboxylic acids is 1. The smallest absolute Gasteiger partial charge is 0.303 e. The van der Waals surface area contributed by atoms with Crippen LogP contribution < -0.4 is 9.47 Å². The SMILES string of the molecule is Cc1cc(OCC[C@@H](C)Oc2ccc(Cl)cc2-c2cc3ccccc3o2)ccc1CCC(=O)O. The number of para-hydroxylation sites is 1. The summed E-state index contributed by atoms with van der Waals surface area (Å²) in [6, 6.07) is 21.1. The van der Waals surface area contributed by atoms with Crippen molar-refractivity contribution in [3.63, 3.8) is 0 Å². The lowest BCUT2D eigenvalue weighted by molar-refractivity contribution is -0.136. The maximum absolute atomic E-state index is 10.8. The number of hydrogen-bond donors (Lipinski definition) is 1. The maximum atomic E-state index is 10.8. The summed E-state index contributed by atoms with van der Waals surface area (Å²) in [5.74, 6) is 1.38. The van der Waals surface area contributed by atoms with E-state index in [1.54, 1.807) is 6.07 Å². The third-order valence-corrected chi connectivity index (χ3v) is 5.91. The first-order valence-corrected chi connectivity index (χ1v) is 11.7. The van der Waals surface area contributed by atoms with Crippen LogP contribution in [-0.2, 0) is 11.2 Å². The van der Waals surface area contributed by atoms with Gasteiger partial charge in [0.1, 0.15) is 22.8 Å². The van der Waals surface area contributed by atoms with E-state index in [1.165, 1.54) is 0 Å². The summed E-state index contributed by atoms with van der Waals surface area (Å²) in [4.78, 5) is 10.8. The first kappa shape index (κ1) is 23.7. The fraction of sp³-hybridized carbons (Fsp3) is 0.250. The van der Waals surface area contributed by atoms with Gasteiger partial charge in [-0.3, -0.25) is 4.79 Å². The molecule has 4 aromatic rings. The van der Waals surface area contributed by atoms with Gasteiger partial charge in [-0.05, 0) is 73.9 Å². The van der Waals surface area contributed by atoms with Gasteiger partial charge in [-0.1, -0.05) is 35.9 Å². The lowest BCUT2D eigenvalue weighted by Crippen LogP contribution is -2.16. The topological polar surface area (TPSA) is 68.9 Å². The predicted octanol–water partition coefficient (Wildman–Crippen LogP) is 7.32. The fourth-order valence-electron chi connectivity index (χ4n) is 3.81. The van der Waals surface area contributed by atoms with Crippen LogP contribution in [0.3, 0.4) is 0 Å². The second-order valence-corrected chi connectivity index (χ2v) is 8.77. The average molecular weight is 479 g/mol. The van der Waals surface area contributed by atoms with Crippen LogP contribution in [0.1, 0.15) is 30.9 Å². The second kappa shape index (κ2) is 10.7. The Kier molecular flexibility index (Phi) is 7.43. The molecule has 0 bridgehead atoms. The van der Waals surface area contributed by atoms with Crippen LogP contribution in [0, 0.1) is 6.92 Å². The number of benzene rings is 3. The number of carbonyl (C=O) groups is 1. The van der Waals surface area contributed by atoms with Gasteiger partial charge in [-0.25, -0.2) is 0 Å². The standard InChI is InChI=1S/C28H27ClO5/c1-18-15-23(10-7-20(18)8-12-28(30)31)32-14-13-19(2)33-26-11-9-22(29)17-24(26)27-16-21-5-3-4-6-25(21)34-27/h3-7,9-11,15-17,19H,8,12-14H2,1-2H3,(H,30,31)/t19-/m1/s1. The van der Waals surface area contributed by atoms with Gasteiger partial charge < -0.3 is 19.0 Å². The highest BCUT2D eigenvalue weighted by Gasteiger charge is 2.15. The highest BCUT2D eigenvalue weighted by atomic mass is 35.5. The molecule has 0 aliphatic heterocycles.